The van der Waals surface area contributed by atoms with Crippen LogP contribution >= 0.6 is 11.8 Å². The molecule has 0 aliphatic heterocycles. The molecule has 0 spiro atoms. The first-order valence-electron chi connectivity index (χ1n) is 5.40. The molecule has 0 N–H and O–H groups in total. The van der Waals surface area contributed by atoms with E-state index in [4.69, 9.17) is 9.78 Å². The Morgan fingerprint density at radius 1 is 1.33 bits per heavy atom. The Balaban J connectivity index is 2.21. The van der Waals surface area contributed by atoms with Crippen molar-refractivity contribution in [3.63, 3.8) is 0 Å². The summed E-state index contributed by atoms with van der Waals surface area (Å²) in [5.74, 6) is 1.70. The first-order valence-corrected chi connectivity index (χ1v) is 6.39. The summed E-state index contributed by atoms with van der Waals surface area (Å²) < 4.78 is 4.90. The minimum atomic E-state index is 0.541. The van der Waals surface area contributed by atoms with Gasteiger partial charge in [0, 0.05) is 12.6 Å². The molecule has 0 aliphatic rings. The molecule has 0 bridgehead atoms. The van der Waals surface area contributed by atoms with Gasteiger partial charge in [0.2, 0.25) is 5.89 Å². The maximum Gasteiger partial charge on any atom is 0.223 e. The SMILES string of the molecule is Cc1cc(C)c(C#N)c(SCc2noc(C)n2)n1. The molecule has 2 aromatic heterocycles. The van der Waals surface area contributed by atoms with Gasteiger partial charge in [0.05, 0.1) is 11.3 Å². The zero-order chi connectivity index (χ0) is 13.1. The van der Waals surface area contributed by atoms with Crippen molar-refractivity contribution in [1.29, 1.82) is 5.26 Å². The quantitative estimate of drug-likeness (QED) is 0.789. The number of thioether (sulfide) groups is 1. The van der Waals surface area contributed by atoms with Crippen LogP contribution in [-0.2, 0) is 5.75 Å². The molecule has 2 aromatic rings. The van der Waals surface area contributed by atoms with Crippen molar-refractivity contribution < 1.29 is 4.52 Å². The first-order chi connectivity index (χ1) is 8.60. The van der Waals surface area contributed by atoms with Crippen LogP contribution in [0.3, 0.4) is 0 Å². The molecular weight excluding hydrogens is 248 g/mol. The van der Waals surface area contributed by atoms with Crippen molar-refractivity contribution in [3.05, 3.63) is 34.6 Å². The normalized spacial score (nSPS) is 10.3. The predicted octanol–water partition coefficient (Wildman–Crippen LogP) is 2.55. The lowest BCUT2D eigenvalue weighted by Gasteiger charge is -2.05. The lowest BCUT2D eigenvalue weighted by Crippen LogP contribution is -1.95. The molecule has 5 nitrogen and oxygen atoms in total. The third-order valence-corrected chi connectivity index (χ3v) is 3.30. The molecule has 0 aromatic carbocycles. The van der Waals surface area contributed by atoms with Gasteiger partial charge in [0.15, 0.2) is 5.82 Å². The van der Waals surface area contributed by atoms with E-state index in [2.05, 4.69) is 21.2 Å². The van der Waals surface area contributed by atoms with Gasteiger partial charge in [-0.05, 0) is 25.5 Å². The Bertz CT molecular complexity index is 615. The number of hydrogen-bond donors (Lipinski definition) is 0. The van der Waals surface area contributed by atoms with Gasteiger partial charge in [0.1, 0.15) is 11.1 Å². The maximum atomic E-state index is 9.14. The van der Waals surface area contributed by atoms with Crippen molar-refractivity contribution in [2.45, 2.75) is 31.6 Å². The third kappa shape index (κ3) is 2.68. The standard InChI is InChI=1S/C12H12N4OS/c1-7-4-8(2)14-12(10(7)5-13)18-6-11-15-9(3)17-16-11/h4H,6H2,1-3H3. The van der Waals surface area contributed by atoms with E-state index in [1.807, 2.05) is 19.9 Å². The Morgan fingerprint density at radius 2 is 2.11 bits per heavy atom. The van der Waals surface area contributed by atoms with Gasteiger partial charge in [-0.3, -0.25) is 0 Å². The Labute approximate surface area is 109 Å². The summed E-state index contributed by atoms with van der Waals surface area (Å²) in [6.45, 7) is 5.57. The van der Waals surface area contributed by atoms with Crippen LogP contribution in [0.4, 0.5) is 0 Å². The average molecular weight is 260 g/mol. The lowest BCUT2D eigenvalue weighted by molar-refractivity contribution is 0.389. The zero-order valence-electron chi connectivity index (χ0n) is 10.4. The zero-order valence-corrected chi connectivity index (χ0v) is 11.2. The fourth-order valence-corrected chi connectivity index (χ4v) is 2.52. The molecule has 2 rings (SSSR count). The second kappa shape index (κ2) is 5.19. The fraction of sp³-hybridized carbons (Fsp3) is 0.333. The Hall–Kier alpha value is -1.87. The van der Waals surface area contributed by atoms with Crippen LogP contribution in [0.25, 0.3) is 0 Å². The third-order valence-electron chi connectivity index (χ3n) is 2.33. The molecule has 0 unspecified atom stereocenters. The Kier molecular flexibility index (Phi) is 3.63. The predicted molar refractivity (Wildman–Crippen MR) is 67.0 cm³/mol. The van der Waals surface area contributed by atoms with E-state index in [0.29, 0.717) is 23.0 Å². The van der Waals surface area contributed by atoms with Gasteiger partial charge in [0.25, 0.3) is 0 Å². The summed E-state index contributed by atoms with van der Waals surface area (Å²) in [4.78, 5) is 8.50. The number of hydrogen-bond acceptors (Lipinski definition) is 6. The minimum absolute atomic E-state index is 0.541. The van der Waals surface area contributed by atoms with E-state index in [9.17, 15) is 0 Å². The molecule has 18 heavy (non-hydrogen) atoms. The van der Waals surface area contributed by atoms with Crippen LogP contribution in [-0.4, -0.2) is 15.1 Å². The largest absolute Gasteiger partial charge is 0.340 e. The van der Waals surface area contributed by atoms with E-state index in [-0.39, 0.29) is 0 Å². The van der Waals surface area contributed by atoms with E-state index in [1.165, 1.54) is 11.8 Å². The van der Waals surface area contributed by atoms with Gasteiger partial charge in [-0.15, -0.1) is 0 Å². The highest BCUT2D eigenvalue weighted by Gasteiger charge is 2.11. The van der Waals surface area contributed by atoms with Crippen molar-refractivity contribution in [1.82, 2.24) is 15.1 Å². The summed E-state index contributed by atoms with van der Waals surface area (Å²) in [5, 5.41) is 13.7. The number of nitriles is 1. The van der Waals surface area contributed by atoms with Gasteiger partial charge < -0.3 is 4.52 Å². The summed E-state index contributed by atoms with van der Waals surface area (Å²) in [6, 6.07) is 4.09. The molecule has 0 saturated carbocycles. The molecule has 0 aliphatic carbocycles. The maximum absolute atomic E-state index is 9.14. The van der Waals surface area contributed by atoms with Crippen molar-refractivity contribution >= 4 is 11.8 Å². The van der Waals surface area contributed by atoms with Crippen LogP contribution in [0.1, 0.15) is 28.5 Å². The molecule has 0 saturated heterocycles. The molecule has 0 amide bonds. The van der Waals surface area contributed by atoms with Crippen molar-refractivity contribution in [2.75, 3.05) is 0 Å². The second-order valence-corrected chi connectivity index (χ2v) is 4.85. The van der Waals surface area contributed by atoms with Gasteiger partial charge in [-0.1, -0.05) is 16.9 Å². The van der Waals surface area contributed by atoms with Crippen LogP contribution < -0.4 is 0 Å². The molecule has 0 radical (unpaired) electrons. The van der Waals surface area contributed by atoms with Crippen LogP contribution in [0.2, 0.25) is 0 Å². The summed E-state index contributed by atoms with van der Waals surface area (Å²) >= 11 is 1.45. The van der Waals surface area contributed by atoms with Gasteiger partial charge in [-0.25, -0.2) is 4.98 Å². The summed E-state index contributed by atoms with van der Waals surface area (Å²) in [6.07, 6.45) is 0. The molecule has 0 fully saturated rings. The highest BCUT2D eigenvalue weighted by molar-refractivity contribution is 7.98. The minimum Gasteiger partial charge on any atom is -0.340 e. The smallest absolute Gasteiger partial charge is 0.223 e. The van der Waals surface area contributed by atoms with E-state index < -0.39 is 0 Å². The summed E-state index contributed by atoms with van der Waals surface area (Å²) in [7, 11) is 0. The topological polar surface area (TPSA) is 75.6 Å². The number of rotatable bonds is 3. The second-order valence-electron chi connectivity index (χ2n) is 3.89. The molecule has 6 heteroatoms. The summed E-state index contributed by atoms with van der Waals surface area (Å²) in [5.41, 5.74) is 2.46. The molecule has 92 valence electrons. The monoisotopic (exact) mass is 260 g/mol. The Morgan fingerprint density at radius 3 is 2.72 bits per heavy atom. The first kappa shape index (κ1) is 12.6. The van der Waals surface area contributed by atoms with E-state index in [0.717, 1.165) is 16.3 Å². The van der Waals surface area contributed by atoms with Crippen molar-refractivity contribution in [2.24, 2.45) is 0 Å². The van der Waals surface area contributed by atoms with Crippen LogP contribution in [0, 0.1) is 32.1 Å². The highest BCUT2D eigenvalue weighted by Crippen LogP contribution is 2.25. The molecule has 0 atom stereocenters. The van der Waals surface area contributed by atoms with Crippen molar-refractivity contribution in [3.8, 4) is 6.07 Å². The number of aromatic nitrogens is 3. The van der Waals surface area contributed by atoms with E-state index in [1.54, 1.807) is 6.92 Å². The molecular formula is C12H12N4OS. The lowest BCUT2D eigenvalue weighted by atomic mass is 10.1. The van der Waals surface area contributed by atoms with Gasteiger partial charge >= 0.3 is 0 Å². The van der Waals surface area contributed by atoms with Crippen LogP contribution in [0.15, 0.2) is 15.6 Å². The number of aryl methyl sites for hydroxylation is 3. The van der Waals surface area contributed by atoms with Crippen LogP contribution in [0.5, 0.6) is 0 Å². The number of nitrogens with zero attached hydrogens (tertiary/aromatic N) is 4. The number of pyridine rings is 1. The molecule has 2 heterocycles. The fourth-order valence-electron chi connectivity index (χ4n) is 1.58. The average Bonchev–Trinajstić information content (AvgIpc) is 2.72. The highest BCUT2D eigenvalue weighted by atomic mass is 32.2. The van der Waals surface area contributed by atoms with Gasteiger partial charge in [-0.2, -0.15) is 10.2 Å². The van der Waals surface area contributed by atoms with E-state index >= 15 is 0 Å².